The lowest BCUT2D eigenvalue weighted by molar-refractivity contribution is 0.789. The highest BCUT2D eigenvalue weighted by Crippen LogP contribution is 2.27. The van der Waals surface area contributed by atoms with E-state index in [9.17, 15) is 0 Å². The predicted molar refractivity (Wildman–Crippen MR) is 81.9 cm³/mol. The van der Waals surface area contributed by atoms with Crippen molar-refractivity contribution >= 4 is 17.6 Å². The average molecular weight is 253 g/mol. The van der Waals surface area contributed by atoms with Gasteiger partial charge < -0.3 is 10.7 Å². The number of hydrogen-bond acceptors (Lipinski definition) is 3. The number of anilines is 2. The third-order valence-corrected chi connectivity index (χ3v) is 2.95. The Labute approximate surface area is 114 Å². The Morgan fingerprint density at radius 2 is 1.53 bits per heavy atom. The van der Waals surface area contributed by atoms with Crippen LogP contribution in [-0.2, 0) is 0 Å². The van der Waals surface area contributed by atoms with Crippen LogP contribution in [0.5, 0.6) is 0 Å². The second-order valence-corrected chi connectivity index (χ2v) is 4.67. The van der Waals surface area contributed by atoms with Crippen molar-refractivity contribution in [1.29, 1.82) is 0 Å². The number of para-hydroxylation sites is 1. The first-order valence-electron chi connectivity index (χ1n) is 6.40. The quantitative estimate of drug-likeness (QED) is 0.514. The lowest BCUT2D eigenvalue weighted by Crippen LogP contribution is -2.25. The van der Waals surface area contributed by atoms with Gasteiger partial charge in [-0.25, -0.2) is 0 Å². The number of nitrogens with zero attached hydrogens (tertiary/aromatic N) is 2. The highest BCUT2D eigenvalue weighted by molar-refractivity contribution is 5.80. The molecule has 0 spiro atoms. The van der Waals surface area contributed by atoms with Crippen LogP contribution in [0.1, 0.15) is 19.4 Å². The summed E-state index contributed by atoms with van der Waals surface area (Å²) in [6, 6.07) is 19.0. The zero-order chi connectivity index (χ0) is 13.7. The maximum absolute atomic E-state index is 5.16. The third kappa shape index (κ3) is 3.13. The summed E-state index contributed by atoms with van der Waals surface area (Å²) in [5, 5.41) is 3.54. The molecule has 0 unspecified atom stereocenters. The predicted octanol–water partition coefficient (Wildman–Crippen LogP) is 3.53. The summed E-state index contributed by atoms with van der Waals surface area (Å²) >= 11 is 0. The van der Waals surface area contributed by atoms with E-state index < -0.39 is 0 Å². The molecule has 0 aliphatic heterocycles. The van der Waals surface area contributed by atoms with E-state index in [1.807, 2.05) is 18.2 Å². The van der Waals surface area contributed by atoms with Crippen LogP contribution in [0.2, 0.25) is 0 Å². The van der Waals surface area contributed by atoms with Crippen LogP contribution in [-0.4, -0.2) is 12.3 Å². The molecule has 0 saturated carbocycles. The van der Waals surface area contributed by atoms with Gasteiger partial charge in [0, 0.05) is 17.4 Å². The minimum atomic E-state index is 0.386. The van der Waals surface area contributed by atoms with E-state index in [4.69, 9.17) is 5.84 Å². The summed E-state index contributed by atoms with van der Waals surface area (Å²) in [4.78, 5) is 2.30. The molecule has 0 bridgehead atoms. The van der Waals surface area contributed by atoms with Gasteiger partial charge in [-0.2, -0.15) is 5.10 Å². The lowest BCUT2D eigenvalue weighted by Gasteiger charge is -2.29. The number of benzene rings is 2. The first kappa shape index (κ1) is 13.1. The molecule has 3 nitrogen and oxygen atoms in total. The molecule has 2 aromatic rings. The van der Waals surface area contributed by atoms with E-state index in [1.54, 1.807) is 6.21 Å². The molecule has 98 valence electrons. The zero-order valence-electron chi connectivity index (χ0n) is 11.3. The van der Waals surface area contributed by atoms with Gasteiger partial charge in [-0.05, 0) is 43.7 Å². The SMILES string of the molecule is CC(C)N(c1ccccc1)c1ccc(C=NN)cc1. The lowest BCUT2D eigenvalue weighted by atomic mass is 10.1. The van der Waals surface area contributed by atoms with Crippen molar-refractivity contribution in [3.05, 3.63) is 60.2 Å². The van der Waals surface area contributed by atoms with Gasteiger partial charge in [-0.1, -0.05) is 30.3 Å². The van der Waals surface area contributed by atoms with Gasteiger partial charge in [-0.3, -0.25) is 0 Å². The molecule has 0 atom stereocenters. The highest BCUT2D eigenvalue weighted by Gasteiger charge is 2.12. The summed E-state index contributed by atoms with van der Waals surface area (Å²) in [6.45, 7) is 4.37. The molecule has 3 heteroatoms. The Kier molecular flexibility index (Phi) is 4.18. The van der Waals surface area contributed by atoms with E-state index in [2.05, 4.69) is 60.2 Å². The van der Waals surface area contributed by atoms with Gasteiger partial charge in [-0.15, -0.1) is 0 Å². The van der Waals surface area contributed by atoms with E-state index in [0.29, 0.717) is 6.04 Å². The van der Waals surface area contributed by atoms with Gasteiger partial charge in [0.05, 0.1) is 6.21 Å². The van der Waals surface area contributed by atoms with Gasteiger partial charge >= 0.3 is 0 Å². The number of hydrogen-bond donors (Lipinski definition) is 1. The monoisotopic (exact) mass is 253 g/mol. The maximum Gasteiger partial charge on any atom is 0.0538 e. The van der Waals surface area contributed by atoms with Crippen LogP contribution < -0.4 is 10.7 Å². The van der Waals surface area contributed by atoms with Crippen LogP contribution in [0, 0.1) is 0 Å². The summed E-state index contributed by atoms with van der Waals surface area (Å²) in [6.07, 6.45) is 1.64. The van der Waals surface area contributed by atoms with Gasteiger partial charge in [0.15, 0.2) is 0 Å². The van der Waals surface area contributed by atoms with Crippen molar-refractivity contribution in [2.45, 2.75) is 19.9 Å². The maximum atomic E-state index is 5.16. The second-order valence-electron chi connectivity index (χ2n) is 4.67. The molecule has 2 rings (SSSR count). The molecule has 0 saturated heterocycles. The highest BCUT2D eigenvalue weighted by atomic mass is 15.2. The van der Waals surface area contributed by atoms with E-state index >= 15 is 0 Å². The molecule has 19 heavy (non-hydrogen) atoms. The zero-order valence-corrected chi connectivity index (χ0v) is 11.3. The summed E-state index contributed by atoms with van der Waals surface area (Å²) in [7, 11) is 0. The molecule has 0 aliphatic carbocycles. The Morgan fingerprint density at radius 3 is 2.05 bits per heavy atom. The number of nitrogens with two attached hydrogens (primary N) is 1. The van der Waals surface area contributed by atoms with Crippen LogP contribution >= 0.6 is 0 Å². The first-order valence-corrected chi connectivity index (χ1v) is 6.40. The average Bonchev–Trinajstić information content (AvgIpc) is 2.42. The Morgan fingerprint density at radius 1 is 0.947 bits per heavy atom. The van der Waals surface area contributed by atoms with Gasteiger partial charge in [0.1, 0.15) is 0 Å². The smallest absolute Gasteiger partial charge is 0.0538 e. The molecule has 2 aromatic carbocycles. The van der Waals surface area contributed by atoms with Crippen LogP contribution in [0.15, 0.2) is 59.7 Å². The van der Waals surface area contributed by atoms with Crippen molar-refractivity contribution < 1.29 is 0 Å². The standard InChI is InChI=1S/C16H19N3/c1-13(2)19(15-6-4-3-5-7-15)16-10-8-14(9-11-16)12-18-17/h3-13H,17H2,1-2H3. The minimum Gasteiger partial charge on any atom is -0.339 e. The molecular weight excluding hydrogens is 234 g/mol. The largest absolute Gasteiger partial charge is 0.339 e. The van der Waals surface area contributed by atoms with Crippen molar-refractivity contribution in [3.8, 4) is 0 Å². The Balaban J connectivity index is 2.35. The molecule has 0 amide bonds. The molecule has 0 radical (unpaired) electrons. The first-order chi connectivity index (χ1) is 9.22. The van der Waals surface area contributed by atoms with Crippen LogP contribution in [0.25, 0.3) is 0 Å². The van der Waals surface area contributed by atoms with Crippen molar-refractivity contribution in [1.82, 2.24) is 0 Å². The second kappa shape index (κ2) is 6.05. The number of hydrazone groups is 1. The summed E-state index contributed by atoms with van der Waals surface area (Å²) < 4.78 is 0. The van der Waals surface area contributed by atoms with Crippen LogP contribution in [0.3, 0.4) is 0 Å². The minimum absolute atomic E-state index is 0.386. The van der Waals surface area contributed by atoms with Crippen molar-refractivity contribution in [2.75, 3.05) is 4.90 Å². The fourth-order valence-electron chi connectivity index (χ4n) is 2.14. The normalized spacial score (nSPS) is 11.1. The van der Waals surface area contributed by atoms with Crippen molar-refractivity contribution in [3.63, 3.8) is 0 Å². The fourth-order valence-corrected chi connectivity index (χ4v) is 2.14. The Hall–Kier alpha value is -2.29. The summed E-state index contributed by atoms with van der Waals surface area (Å²) in [5.74, 6) is 5.16. The topological polar surface area (TPSA) is 41.6 Å². The molecular formula is C16H19N3. The van der Waals surface area contributed by atoms with E-state index in [1.165, 1.54) is 5.69 Å². The molecule has 0 aromatic heterocycles. The number of rotatable bonds is 4. The van der Waals surface area contributed by atoms with Gasteiger partial charge in [0.2, 0.25) is 0 Å². The third-order valence-electron chi connectivity index (χ3n) is 2.95. The van der Waals surface area contributed by atoms with E-state index in [0.717, 1.165) is 11.3 Å². The molecule has 0 aliphatic rings. The van der Waals surface area contributed by atoms with Gasteiger partial charge in [0.25, 0.3) is 0 Å². The molecule has 0 heterocycles. The van der Waals surface area contributed by atoms with Crippen LogP contribution in [0.4, 0.5) is 11.4 Å². The molecule has 2 N–H and O–H groups in total. The van der Waals surface area contributed by atoms with Crippen molar-refractivity contribution in [2.24, 2.45) is 10.9 Å². The van der Waals surface area contributed by atoms with E-state index in [-0.39, 0.29) is 0 Å². The molecule has 0 fully saturated rings. The Bertz CT molecular complexity index is 530. The fraction of sp³-hybridized carbons (Fsp3) is 0.188. The summed E-state index contributed by atoms with van der Waals surface area (Å²) in [5.41, 5.74) is 3.36.